The van der Waals surface area contributed by atoms with Crippen LogP contribution in [0.25, 0.3) is 6.08 Å². The summed E-state index contributed by atoms with van der Waals surface area (Å²) in [6.45, 7) is 1.49. The third-order valence-electron chi connectivity index (χ3n) is 1.50. The molecule has 80 valence electrons. The largest absolute Gasteiger partial charge is 0.475 e. The number of furan rings is 1. The molecule has 0 saturated heterocycles. The number of carbonyl (C=O) groups is 2. The topological polar surface area (TPSA) is 67.5 Å². The van der Waals surface area contributed by atoms with E-state index in [2.05, 4.69) is 0 Å². The van der Waals surface area contributed by atoms with Crippen LogP contribution < -0.4 is 0 Å². The van der Waals surface area contributed by atoms with Crippen LogP contribution >= 0.6 is 11.8 Å². The van der Waals surface area contributed by atoms with Gasteiger partial charge >= 0.3 is 5.97 Å². The van der Waals surface area contributed by atoms with Crippen molar-refractivity contribution in [2.24, 2.45) is 0 Å². The molecule has 1 heterocycles. The van der Waals surface area contributed by atoms with Crippen molar-refractivity contribution in [3.8, 4) is 0 Å². The van der Waals surface area contributed by atoms with Gasteiger partial charge in [-0.25, -0.2) is 4.79 Å². The molecule has 0 saturated carbocycles. The molecular weight excluding hydrogens is 216 g/mol. The first-order chi connectivity index (χ1) is 7.09. The standard InChI is InChI=1S/C10H10O4S/c1-7(11)15-6-2-3-8-4-5-9(14-8)10(12)13/h2-5H,6H2,1H3,(H,12,13). The number of carboxylic acids is 1. The van der Waals surface area contributed by atoms with Crippen molar-refractivity contribution < 1.29 is 19.1 Å². The molecule has 0 bridgehead atoms. The van der Waals surface area contributed by atoms with E-state index in [1.807, 2.05) is 0 Å². The first kappa shape index (κ1) is 11.6. The van der Waals surface area contributed by atoms with Gasteiger partial charge in [0.05, 0.1) is 0 Å². The Bertz CT molecular complexity index is 392. The van der Waals surface area contributed by atoms with Crippen LogP contribution in [0.3, 0.4) is 0 Å². The van der Waals surface area contributed by atoms with Crippen molar-refractivity contribution in [2.45, 2.75) is 6.92 Å². The maximum absolute atomic E-state index is 10.6. The van der Waals surface area contributed by atoms with Crippen molar-refractivity contribution in [2.75, 3.05) is 5.75 Å². The minimum atomic E-state index is -1.09. The average Bonchev–Trinajstić information content (AvgIpc) is 2.60. The summed E-state index contributed by atoms with van der Waals surface area (Å²) in [6.07, 6.45) is 3.39. The van der Waals surface area contributed by atoms with Gasteiger partial charge in [-0.05, 0) is 18.2 Å². The van der Waals surface area contributed by atoms with Gasteiger partial charge in [-0.15, -0.1) is 0 Å². The summed E-state index contributed by atoms with van der Waals surface area (Å²) in [6, 6.07) is 2.96. The fourth-order valence-electron chi connectivity index (χ4n) is 0.887. The molecule has 0 atom stereocenters. The van der Waals surface area contributed by atoms with Crippen LogP contribution in [0.15, 0.2) is 22.6 Å². The molecule has 4 nitrogen and oxygen atoms in total. The lowest BCUT2D eigenvalue weighted by molar-refractivity contribution is -0.109. The van der Waals surface area contributed by atoms with Gasteiger partial charge in [-0.1, -0.05) is 17.8 Å². The minimum Gasteiger partial charge on any atom is -0.475 e. The summed E-state index contributed by atoms with van der Waals surface area (Å²) >= 11 is 1.18. The predicted molar refractivity (Wildman–Crippen MR) is 57.8 cm³/mol. The number of carbonyl (C=O) groups excluding carboxylic acids is 1. The normalized spacial score (nSPS) is 10.7. The van der Waals surface area contributed by atoms with Crippen molar-refractivity contribution in [1.82, 2.24) is 0 Å². The van der Waals surface area contributed by atoms with Gasteiger partial charge in [0.1, 0.15) is 5.76 Å². The van der Waals surface area contributed by atoms with E-state index in [1.54, 1.807) is 18.2 Å². The second-order valence-corrected chi connectivity index (χ2v) is 3.91. The van der Waals surface area contributed by atoms with Crippen molar-refractivity contribution >= 4 is 28.9 Å². The molecule has 0 spiro atoms. The Morgan fingerprint density at radius 3 is 2.80 bits per heavy atom. The highest BCUT2D eigenvalue weighted by molar-refractivity contribution is 8.13. The molecule has 1 N–H and O–H groups in total. The monoisotopic (exact) mass is 226 g/mol. The molecule has 0 unspecified atom stereocenters. The lowest BCUT2D eigenvalue weighted by Crippen LogP contribution is -1.91. The summed E-state index contributed by atoms with van der Waals surface area (Å²) in [7, 11) is 0. The first-order valence-corrected chi connectivity index (χ1v) is 5.21. The second kappa shape index (κ2) is 5.41. The lowest BCUT2D eigenvalue weighted by Gasteiger charge is -1.88. The van der Waals surface area contributed by atoms with Crippen LogP contribution in [0, 0.1) is 0 Å². The number of hydrogen-bond acceptors (Lipinski definition) is 4. The summed E-state index contributed by atoms with van der Waals surface area (Å²) in [5, 5.41) is 8.62. The van der Waals surface area contributed by atoms with E-state index >= 15 is 0 Å². The van der Waals surface area contributed by atoms with Crippen LogP contribution in [0.2, 0.25) is 0 Å². The minimum absolute atomic E-state index is 0.0466. The summed E-state index contributed by atoms with van der Waals surface area (Å²) < 4.78 is 4.97. The number of carboxylic acid groups (broad SMARTS) is 1. The zero-order chi connectivity index (χ0) is 11.3. The van der Waals surface area contributed by atoms with E-state index in [0.29, 0.717) is 11.5 Å². The first-order valence-electron chi connectivity index (χ1n) is 4.22. The van der Waals surface area contributed by atoms with Gasteiger partial charge in [0.15, 0.2) is 5.12 Å². The summed E-state index contributed by atoms with van der Waals surface area (Å²) in [5.74, 6) is -0.156. The number of aromatic carboxylic acids is 1. The van der Waals surface area contributed by atoms with E-state index in [-0.39, 0.29) is 10.9 Å². The number of hydrogen-bond donors (Lipinski definition) is 1. The third-order valence-corrected chi connectivity index (χ3v) is 2.27. The highest BCUT2D eigenvalue weighted by Gasteiger charge is 2.06. The highest BCUT2D eigenvalue weighted by atomic mass is 32.2. The van der Waals surface area contributed by atoms with Gasteiger partial charge in [-0.3, -0.25) is 4.79 Å². The molecule has 0 radical (unpaired) electrons. The highest BCUT2D eigenvalue weighted by Crippen LogP contribution is 2.10. The maximum atomic E-state index is 10.6. The van der Waals surface area contributed by atoms with E-state index in [0.717, 1.165) is 0 Å². The van der Waals surface area contributed by atoms with Crippen LogP contribution in [0.4, 0.5) is 0 Å². The number of rotatable bonds is 4. The van der Waals surface area contributed by atoms with E-state index in [1.165, 1.54) is 24.8 Å². The molecule has 1 rings (SSSR count). The van der Waals surface area contributed by atoms with Crippen LogP contribution in [0.1, 0.15) is 23.2 Å². The van der Waals surface area contributed by atoms with Gasteiger partial charge in [0, 0.05) is 12.7 Å². The zero-order valence-corrected chi connectivity index (χ0v) is 8.91. The fraction of sp³-hybridized carbons (Fsp3) is 0.200. The van der Waals surface area contributed by atoms with Gasteiger partial charge in [-0.2, -0.15) is 0 Å². The van der Waals surface area contributed by atoms with E-state index < -0.39 is 5.97 Å². The molecule has 5 heteroatoms. The maximum Gasteiger partial charge on any atom is 0.371 e. The number of thioether (sulfide) groups is 1. The van der Waals surface area contributed by atoms with Gasteiger partial charge in [0.2, 0.25) is 5.76 Å². The Balaban J connectivity index is 2.50. The molecule has 1 aromatic heterocycles. The van der Waals surface area contributed by atoms with E-state index in [9.17, 15) is 9.59 Å². The Hall–Kier alpha value is -1.49. The molecular formula is C10H10O4S. The molecule has 0 aliphatic heterocycles. The summed E-state index contributed by atoms with van der Waals surface area (Å²) in [5.41, 5.74) is 0. The van der Waals surface area contributed by atoms with Crippen molar-refractivity contribution in [3.05, 3.63) is 29.7 Å². The van der Waals surface area contributed by atoms with Crippen LogP contribution in [-0.2, 0) is 4.79 Å². The van der Waals surface area contributed by atoms with Crippen molar-refractivity contribution in [1.29, 1.82) is 0 Å². The summed E-state index contributed by atoms with van der Waals surface area (Å²) in [4.78, 5) is 21.0. The third kappa shape index (κ3) is 4.03. The lowest BCUT2D eigenvalue weighted by atomic mass is 10.4. The fourth-order valence-corrected chi connectivity index (χ4v) is 1.31. The molecule has 0 fully saturated rings. The molecule has 0 aliphatic rings. The quantitative estimate of drug-likeness (QED) is 0.852. The van der Waals surface area contributed by atoms with Crippen LogP contribution in [0.5, 0.6) is 0 Å². The predicted octanol–water partition coefficient (Wildman–Crippen LogP) is 2.27. The zero-order valence-electron chi connectivity index (χ0n) is 8.10. The Morgan fingerprint density at radius 2 is 2.27 bits per heavy atom. The smallest absolute Gasteiger partial charge is 0.371 e. The van der Waals surface area contributed by atoms with Crippen LogP contribution in [-0.4, -0.2) is 21.9 Å². The van der Waals surface area contributed by atoms with Gasteiger partial charge in [0.25, 0.3) is 0 Å². The Labute approximate surface area is 91.0 Å². The Kier molecular flexibility index (Phi) is 4.17. The van der Waals surface area contributed by atoms with Crippen molar-refractivity contribution in [3.63, 3.8) is 0 Å². The molecule has 0 aromatic carbocycles. The van der Waals surface area contributed by atoms with Gasteiger partial charge < -0.3 is 9.52 Å². The molecule has 0 amide bonds. The molecule has 1 aromatic rings. The average molecular weight is 226 g/mol. The second-order valence-electron chi connectivity index (χ2n) is 2.71. The Morgan fingerprint density at radius 1 is 1.53 bits per heavy atom. The van der Waals surface area contributed by atoms with E-state index in [4.69, 9.17) is 9.52 Å². The SMILES string of the molecule is CC(=O)SCC=Cc1ccc(C(=O)O)o1. The molecule has 0 aliphatic carbocycles. The molecule has 15 heavy (non-hydrogen) atoms.